The fraction of sp³-hybridized carbons (Fsp3) is 0.625. The Labute approximate surface area is 109 Å². The molecule has 0 amide bonds. The Morgan fingerprint density at radius 2 is 1.83 bits per heavy atom. The fourth-order valence-corrected chi connectivity index (χ4v) is 3.89. The van der Waals surface area contributed by atoms with E-state index in [1.807, 2.05) is 0 Å². The molecule has 0 atom stereocenters. The lowest BCUT2D eigenvalue weighted by Crippen LogP contribution is -2.37. The van der Waals surface area contributed by atoms with E-state index in [2.05, 4.69) is 12.1 Å². The topological polar surface area (TPSA) is 46.2 Å². The van der Waals surface area contributed by atoms with Crippen molar-refractivity contribution in [1.82, 2.24) is 0 Å². The van der Waals surface area contributed by atoms with Gasteiger partial charge in [-0.05, 0) is 43.2 Å². The fourth-order valence-electron chi connectivity index (χ4n) is 3.89. The van der Waals surface area contributed by atoms with E-state index < -0.39 is 0 Å². The van der Waals surface area contributed by atoms with Crippen molar-refractivity contribution in [2.24, 2.45) is 5.73 Å². The molecule has 18 heavy (non-hydrogen) atoms. The first-order valence-electron chi connectivity index (χ1n) is 7.31. The largest absolute Gasteiger partial charge is 0.507 e. The van der Waals surface area contributed by atoms with E-state index in [0.29, 0.717) is 12.3 Å². The molecule has 0 saturated heterocycles. The Morgan fingerprint density at radius 1 is 1.06 bits per heavy atom. The van der Waals surface area contributed by atoms with Gasteiger partial charge in [-0.2, -0.15) is 0 Å². The minimum Gasteiger partial charge on any atom is -0.507 e. The molecule has 2 heteroatoms. The zero-order chi connectivity index (χ0) is 12.6. The average Bonchev–Trinajstić information content (AvgIpc) is 2.89. The van der Waals surface area contributed by atoms with Crippen molar-refractivity contribution >= 4 is 0 Å². The van der Waals surface area contributed by atoms with Crippen molar-refractivity contribution in [2.45, 2.75) is 56.8 Å². The van der Waals surface area contributed by atoms with Gasteiger partial charge < -0.3 is 10.8 Å². The van der Waals surface area contributed by atoms with Gasteiger partial charge in [-0.1, -0.05) is 31.4 Å². The van der Waals surface area contributed by atoms with Crippen molar-refractivity contribution in [2.75, 3.05) is 6.54 Å². The van der Waals surface area contributed by atoms with E-state index in [1.54, 1.807) is 0 Å². The number of aromatic hydroxyl groups is 1. The van der Waals surface area contributed by atoms with Gasteiger partial charge in [0.1, 0.15) is 5.75 Å². The number of aryl methyl sites for hydroxylation is 1. The van der Waals surface area contributed by atoms with Crippen molar-refractivity contribution in [3.05, 3.63) is 28.8 Å². The monoisotopic (exact) mass is 245 g/mol. The predicted molar refractivity (Wildman–Crippen MR) is 73.9 cm³/mol. The molecular weight excluding hydrogens is 222 g/mol. The summed E-state index contributed by atoms with van der Waals surface area (Å²) in [6.45, 7) is 0.666. The van der Waals surface area contributed by atoms with E-state index >= 15 is 0 Å². The molecule has 1 aromatic carbocycles. The summed E-state index contributed by atoms with van der Waals surface area (Å²) in [4.78, 5) is 0. The van der Waals surface area contributed by atoms with Crippen LogP contribution < -0.4 is 5.73 Å². The molecule has 0 spiro atoms. The van der Waals surface area contributed by atoms with Crippen LogP contribution in [-0.2, 0) is 18.3 Å². The second-order valence-corrected chi connectivity index (χ2v) is 6.00. The normalized spacial score (nSPS) is 21.8. The maximum atomic E-state index is 10.6. The molecule has 0 heterocycles. The van der Waals surface area contributed by atoms with Crippen molar-refractivity contribution in [3.63, 3.8) is 0 Å². The summed E-state index contributed by atoms with van der Waals surface area (Å²) in [7, 11) is 0. The highest BCUT2D eigenvalue weighted by Crippen LogP contribution is 2.45. The molecule has 1 fully saturated rings. The van der Waals surface area contributed by atoms with E-state index in [-0.39, 0.29) is 5.41 Å². The zero-order valence-corrected chi connectivity index (χ0v) is 11.0. The van der Waals surface area contributed by atoms with Crippen molar-refractivity contribution < 1.29 is 5.11 Å². The van der Waals surface area contributed by atoms with Crippen LogP contribution in [0.4, 0.5) is 0 Å². The number of hydrogen-bond acceptors (Lipinski definition) is 2. The molecule has 2 aliphatic rings. The van der Waals surface area contributed by atoms with Crippen molar-refractivity contribution in [3.8, 4) is 5.75 Å². The van der Waals surface area contributed by atoms with Crippen LogP contribution in [0.5, 0.6) is 5.75 Å². The second-order valence-electron chi connectivity index (χ2n) is 6.00. The van der Waals surface area contributed by atoms with Crippen LogP contribution in [0, 0.1) is 0 Å². The molecule has 0 aromatic heterocycles. The minimum absolute atomic E-state index is 0.0416. The Hall–Kier alpha value is -1.02. The van der Waals surface area contributed by atoms with Crippen LogP contribution in [0.15, 0.2) is 12.1 Å². The van der Waals surface area contributed by atoms with E-state index in [0.717, 1.165) is 31.2 Å². The van der Waals surface area contributed by atoms with E-state index in [1.165, 1.54) is 36.8 Å². The average molecular weight is 245 g/mol. The molecule has 3 N–H and O–H groups in total. The van der Waals surface area contributed by atoms with Gasteiger partial charge in [0.05, 0.1) is 0 Å². The summed E-state index contributed by atoms with van der Waals surface area (Å²) >= 11 is 0. The summed E-state index contributed by atoms with van der Waals surface area (Å²) in [6, 6.07) is 4.38. The third-order valence-electron chi connectivity index (χ3n) is 5.03. The first-order valence-corrected chi connectivity index (χ1v) is 7.31. The quantitative estimate of drug-likeness (QED) is 0.841. The lowest BCUT2D eigenvalue weighted by molar-refractivity contribution is 0.290. The Kier molecular flexibility index (Phi) is 3.06. The SMILES string of the molecule is NCC1(c2ccc3c(c2O)CCC3)CCCCC1. The first-order chi connectivity index (χ1) is 8.77. The van der Waals surface area contributed by atoms with Crippen LogP contribution >= 0.6 is 0 Å². The molecule has 1 saturated carbocycles. The van der Waals surface area contributed by atoms with Gasteiger partial charge in [-0.15, -0.1) is 0 Å². The number of benzene rings is 1. The third-order valence-corrected chi connectivity index (χ3v) is 5.03. The highest BCUT2D eigenvalue weighted by Gasteiger charge is 2.36. The van der Waals surface area contributed by atoms with Crippen molar-refractivity contribution in [1.29, 1.82) is 0 Å². The first kappa shape index (κ1) is 12.0. The Morgan fingerprint density at radius 3 is 2.56 bits per heavy atom. The summed E-state index contributed by atoms with van der Waals surface area (Å²) in [6.07, 6.45) is 9.41. The number of phenolic OH excluding ortho intramolecular Hbond substituents is 1. The molecule has 0 unspecified atom stereocenters. The van der Waals surface area contributed by atoms with Gasteiger partial charge in [-0.3, -0.25) is 0 Å². The zero-order valence-electron chi connectivity index (χ0n) is 11.0. The van der Waals surface area contributed by atoms with Crippen LogP contribution in [0.3, 0.4) is 0 Å². The minimum atomic E-state index is 0.0416. The van der Waals surface area contributed by atoms with Gasteiger partial charge in [0, 0.05) is 17.5 Å². The summed E-state index contributed by atoms with van der Waals surface area (Å²) in [5, 5.41) is 10.6. The third kappa shape index (κ3) is 1.74. The Bertz CT molecular complexity index is 447. The number of nitrogens with two attached hydrogens (primary N) is 1. The standard InChI is InChI=1S/C16H23NO/c17-11-16(9-2-1-3-10-16)14-8-7-12-5-4-6-13(12)15(14)18/h7-8,18H,1-6,9-11,17H2. The smallest absolute Gasteiger partial charge is 0.122 e. The maximum absolute atomic E-state index is 10.6. The van der Waals surface area contributed by atoms with E-state index in [9.17, 15) is 5.11 Å². The molecule has 98 valence electrons. The predicted octanol–water partition coefficient (Wildman–Crippen LogP) is 3.04. The summed E-state index contributed by atoms with van der Waals surface area (Å²) in [5.41, 5.74) is 9.79. The van der Waals surface area contributed by atoms with Gasteiger partial charge in [0.15, 0.2) is 0 Å². The maximum Gasteiger partial charge on any atom is 0.122 e. The van der Waals surface area contributed by atoms with Gasteiger partial charge in [0.25, 0.3) is 0 Å². The second kappa shape index (κ2) is 4.58. The van der Waals surface area contributed by atoms with E-state index in [4.69, 9.17) is 5.73 Å². The number of phenols is 1. The lowest BCUT2D eigenvalue weighted by Gasteiger charge is -2.37. The Balaban J connectivity index is 2.05. The van der Waals surface area contributed by atoms with Crippen LogP contribution in [0.2, 0.25) is 0 Å². The van der Waals surface area contributed by atoms with Gasteiger partial charge in [0.2, 0.25) is 0 Å². The summed E-state index contributed by atoms with van der Waals surface area (Å²) in [5.74, 6) is 0.567. The number of hydrogen-bond donors (Lipinski definition) is 2. The highest BCUT2D eigenvalue weighted by atomic mass is 16.3. The number of rotatable bonds is 2. The molecule has 0 aliphatic heterocycles. The van der Waals surface area contributed by atoms with Gasteiger partial charge in [-0.25, -0.2) is 0 Å². The molecule has 3 rings (SSSR count). The summed E-state index contributed by atoms with van der Waals surface area (Å²) < 4.78 is 0. The lowest BCUT2D eigenvalue weighted by atomic mass is 9.68. The highest BCUT2D eigenvalue weighted by molar-refractivity contribution is 5.51. The molecule has 0 bridgehead atoms. The molecule has 1 aromatic rings. The molecule has 2 aliphatic carbocycles. The molecule has 2 nitrogen and oxygen atoms in total. The number of fused-ring (bicyclic) bond motifs is 1. The van der Waals surface area contributed by atoms with Crippen LogP contribution in [0.1, 0.15) is 55.2 Å². The molecule has 0 radical (unpaired) electrons. The molecular formula is C16H23NO. The van der Waals surface area contributed by atoms with Gasteiger partial charge >= 0.3 is 0 Å². The van der Waals surface area contributed by atoms with Crippen LogP contribution in [-0.4, -0.2) is 11.7 Å². The van der Waals surface area contributed by atoms with Crippen LogP contribution in [0.25, 0.3) is 0 Å².